The molecular weight excluding hydrogens is 761 g/mol. The molecule has 0 saturated carbocycles. The molecule has 0 N–H and O–H groups in total. The minimum absolute atomic E-state index is 0.517. The van der Waals surface area contributed by atoms with Crippen LogP contribution in [0.15, 0.2) is 231 Å². The molecule has 0 radical (unpaired) electrons. The molecule has 0 atom stereocenters. The van der Waals surface area contributed by atoms with Crippen LogP contribution < -0.4 is 0 Å². The van der Waals surface area contributed by atoms with Crippen molar-refractivity contribution in [2.75, 3.05) is 0 Å². The topological polar surface area (TPSA) is 9.86 Å². The summed E-state index contributed by atoms with van der Waals surface area (Å²) < 4.78 is 4.98. The first kappa shape index (κ1) is 34.5. The zero-order valence-electron chi connectivity index (χ0n) is 34.3. The van der Waals surface area contributed by atoms with Crippen LogP contribution in [-0.2, 0) is 5.41 Å². The predicted octanol–water partition coefficient (Wildman–Crippen LogP) is 15.7. The number of hydrogen-bond acceptors (Lipinski definition) is 0. The van der Waals surface area contributed by atoms with Gasteiger partial charge in [-0.2, -0.15) is 0 Å². The van der Waals surface area contributed by atoms with Crippen LogP contribution in [0.25, 0.3) is 98.4 Å². The van der Waals surface area contributed by atoms with Gasteiger partial charge in [-0.25, -0.2) is 0 Å². The van der Waals surface area contributed by atoms with Gasteiger partial charge in [0.25, 0.3) is 0 Å². The number of benzene rings is 11. The summed E-state index contributed by atoms with van der Waals surface area (Å²) in [5.41, 5.74) is 14.3. The lowest BCUT2D eigenvalue weighted by atomic mass is 9.67. The zero-order valence-corrected chi connectivity index (χ0v) is 34.3. The van der Waals surface area contributed by atoms with Gasteiger partial charge in [0.05, 0.1) is 27.5 Å². The minimum atomic E-state index is -0.517. The summed E-state index contributed by atoms with van der Waals surface area (Å²) >= 11 is 0. The maximum atomic E-state index is 2.54. The van der Waals surface area contributed by atoms with Gasteiger partial charge in [0, 0.05) is 32.9 Å². The van der Waals surface area contributed by atoms with Gasteiger partial charge in [0.1, 0.15) is 0 Å². The Labute approximate surface area is 364 Å². The third kappa shape index (κ3) is 4.62. The first-order chi connectivity index (χ1) is 31.3. The average Bonchev–Trinajstić information content (AvgIpc) is 3.97. The Bertz CT molecular complexity index is 3890. The standard InChI is InChI=1S/C61H38N2/c1-3-17-39(18-4-1)61(40-19-5-2-6-20-40)55-28-14-11-25-48(55)52-37-54-53-36-42(62-57-29-15-12-26-49(57)50-27-13-16-30-58(50)62)32-34-59(53)63(60(54)38-56(52)61)41-31-33-47-45-23-8-7-21-43(45)44-22-9-10-24-46(44)51(47)35-41/h1-38H. The summed E-state index contributed by atoms with van der Waals surface area (Å²) in [5.74, 6) is 0. The fourth-order valence-corrected chi connectivity index (χ4v) is 11.6. The maximum absolute atomic E-state index is 2.54. The van der Waals surface area contributed by atoms with Crippen LogP contribution in [0.2, 0.25) is 0 Å². The van der Waals surface area contributed by atoms with Crippen molar-refractivity contribution in [3.8, 4) is 22.5 Å². The molecule has 2 aromatic heterocycles. The molecule has 0 spiro atoms. The highest BCUT2D eigenvalue weighted by Crippen LogP contribution is 2.57. The van der Waals surface area contributed by atoms with E-state index in [1.54, 1.807) is 0 Å². The van der Waals surface area contributed by atoms with Crippen LogP contribution in [0, 0.1) is 0 Å². The maximum Gasteiger partial charge on any atom is 0.0714 e. The third-order valence-corrected chi connectivity index (χ3v) is 14.2. The number of aromatic nitrogens is 2. The quantitative estimate of drug-likeness (QED) is 0.157. The van der Waals surface area contributed by atoms with Crippen LogP contribution in [0.1, 0.15) is 22.3 Å². The first-order valence-corrected chi connectivity index (χ1v) is 21.9. The molecule has 0 saturated heterocycles. The smallest absolute Gasteiger partial charge is 0.0714 e. The van der Waals surface area contributed by atoms with E-state index in [1.165, 1.54) is 109 Å². The van der Waals surface area contributed by atoms with Crippen molar-refractivity contribution in [1.29, 1.82) is 0 Å². The van der Waals surface area contributed by atoms with Gasteiger partial charge in [-0.1, -0.05) is 176 Å². The molecule has 2 heteroatoms. The molecule has 63 heavy (non-hydrogen) atoms. The van der Waals surface area contributed by atoms with Gasteiger partial charge in [0.15, 0.2) is 0 Å². The normalized spacial score (nSPS) is 13.2. The van der Waals surface area contributed by atoms with Gasteiger partial charge in [-0.15, -0.1) is 0 Å². The second-order valence-corrected chi connectivity index (χ2v) is 17.2. The molecule has 1 aliphatic carbocycles. The molecule has 292 valence electrons. The van der Waals surface area contributed by atoms with Gasteiger partial charge in [-0.05, 0) is 120 Å². The number of hydrogen-bond donors (Lipinski definition) is 0. The SMILES string of the molecule is c1ccc(C2(c3ccccc3)c3ccccc3-c3cc4c5cc(-n6c7ccccc7c7ccccc76)ccc5n(-c5ccc6c7ccccc7c7ccccc7c6c5)c4cc32)cc1. The summed E-state index contributed by atoms with van der Waals surface area (Å²) in [6.07, 6.45) is 0. The molecule has 0 unspecified atom stereocenters. The first-order valence-electron chi connectivity index (χ1n) is 21.9. The summed E-state index contributed by atoms with van der Waals surface area (Å²) in [6, 6.07) is 86.0. The second kappa shape index (κ2) is 12.9. The summed E-state index contributed by atoms with van der Waals surface area (Å²) in [7, 11) is 0. The molecule has 1 aliphatic rings. The Morgan fingerprint density at radius 3 is 1.29 bits per heavy atom. The number of fused-ring (bicyclic) bond motifs is 15. The highest BCUT2D eigenvalue weighted by molar-refractivity contribution is 6.26. The zero-order chi connectivity index (χ0) is 41.2. The number of rotatable bonds is 4. The van der Waals surface area contributed by atoms with Crippen molar-refractivity contribution in [2.24, 2.45) is 0 Å². The fourth-order valence-electron chi connectivity index (χ4n) is 11.6. The molecule has 0 aliphatic heterocycles. The van der Waals surface area contributed by atoms with E-state index < -0.39 is 5.41 Å². The van der Waals surface area contributed by atoms with E-state index in [9.17, 15) is 0 Å². The van der Waals surface area contributed by atoms with E-state index in [0.717, 1.165) is 11.4 Å². The molecular formula is C61H38N2. The van der Waals surface area contributed by atoms with Crippen molar-refractivity contribution in [3.05, 3.63) is 253 Å². The lowest BCUT2D eigenvalue weighted by Gasteiger charge is -2.34. The van der Waals surface area contributed by atoms with Gasteiger partial charge in [0.2, 0.25) is 0 Å². The second-order valence-electron chi connectivity index (χ2n) is 17.2. The van der Waals surface area contributed by atoms with Crippen molar-refractivity contribution in [3.63, 3.8) is 0 Å². The summed E-state index contributed by atoms with van der Waals surface area (Å²) in [6.45, 7) is 0. The number of nitrogens with zero attached hydrogens (tertiary/aromatic N) is 2. The molecule has 0 bridgehead atoms. The minimum Gasteiger partial charge on any atom is -0.309 e. The van der Waals surface area contributed by atoms with E-state index >= 15 is 0 Å². The Kier molecular flexibility index (Phi) is 7.07. The molecule has 2 nitrogen and oxygen atoms in total. The molecule has 14 rings (SSSR count). The van der Waals surface area contributed by atoms with Crippen LogP contribution in [0.3, 0.4) is 0 Å². The Morgan fingerprint density at radius 2 is 0.667 bits per heavy atom. The Balaban J connectivity index is 1.13. The van der Waals surface area contributed by atoms with E-state index in [1.807, 2.05) is 0 Å². The van der Waals surface area contributed by atoms with Gasteiger partial charge < -0.3 is 9.13 Å². The van der Waals surface area contributed by atoms with E-state index in [4.69, 9.17) is 0 Å². The van der Waals surface area contributed by atoms with E-state index in [2.05, 4.69) is 240 Å². The average molecular weight is 799 g/mol. The Morgan fingerprint density at radius 1 is 0.238 bits per heavy atom. The van der Waals surface area contributed by atoms with Crippen molar-refractivity contribution < 1.29 is 0 Å². The fraction of sp³-hybridized carbons (Fsp3) is 0.0164. The van der Waals surface area contributed by atoms with E-state index in [-0.39, 0.29) is 0 Å². The highest BCUT2D eigenvalue weighted by Gasteiger charge is 2.46. The van der Waals surface area contributed by atoms with Crippen LogP contribution in [0.4, 0.5) is 0 Å². The third-order valence-electron chi connectivity index (χ3n) is 14.2. The predicted molar refractivity (Wildman–Crippen MR) is 265 cm³/mol. The Hall–Kier alpha value is -8.20. The van der Waals surface area contributed by atoms with Crippen molar-refractivity contribution >= 4 is 75.9 Å². The molecule has 13 aromatic rings. The lowest BCUT2D eigenvalue weighted by Crippen LogP contribution is -2.28. The van der Waals surface area contributed by atoms with Crippen molar-refractivity contribution in [1.82, 2.24) is 9.13 Å². The van der Waals surface area contributed by atoms with E-state index in [0.29, 0.717) is 0 Å². The van der Waals surface area contributed by atoms with Crippen molar-refractivity contribution in [2.45, 2.75) is 5.41 Å². The van der Waals surface area contributed by atoms with Crippen LogP contribution in [0.5, 0.6) is 0 Å². The van der Waals surface area contributed by atoms with Crippen LogP contribution >= 0.6 is 0 Å². The largest absolute Gasteiger partial charge is 0.309 e. The van der Waals surface area contributed by atoms with Gasteiger partial charge >= 0.3 is 0 Å². The number of para-hydroxylation sites is 2. The molecule has 0 amide bonds. The van der Waals surface area contributed by atoms with Crippen LogP contribution in [-0.4, -0.2) is 9.13 Å². The molecule has 11 aromatic carbocycles. The highest BCUT2D eigenvalue weighted by atomic mass is 15.0. The lowest BCUT2D eigenvalue weighted by molar-refractivity contribution is 0.769. The van der Waals surface area contributed by atoms with Gasteiger partial charge in [-0.3, -0.25) is 0 Å². The molecule has 2 heterocycles. The summed E-state index contributed by atoms with van der Waals surface area (Å²) in [4.78, 5) is 0. The molecule has 0 fully saturated rings. The monoisotopic (exact) mass is 798 g/mol. The summed E-state index contributed by atoms with van der Waals surface area (Å²) in [5, 5.41) is 12.6.